The molecule has 0 fully saturated rings. The van der Waals surface area contributed by atoms with Crippen molar-refractivity contribution < 1.29 is 32.6 Å². The van der Waals surface area contributed by atoms with E-state index in [0.29, 0.717) is 0 Å². The largest absolute Gasteiger partial charge is 0.475 e. The molecule has 12 heteroatoms. The Morgan fingerprint density at radius 2 is 1.96 bits per heavy atom. The van der Waals surface area contributed by atoms with Crippen LogP contribution in [0.3, 0.4) is 0 Å². The molecule has 0 amide bonds. The van der Waals surface area contributed by atoms with E-state index < -0.39 is 23.7 Å². The van der Waals surface area contributed by atoms with Gasteiger partial charge in [-0.3, -0.25) is 9.36 Å². The number of aromatic carboxylic acids is 1. The zero-order valence-electron chi connectivity index (χ0n) is 13.1. The van der Waals surface area contributed by atoms with Gasteiger partial charge < -0.3 is 15.6 Å². The molecule has 0 atom stereocenters. The Hall–Kier alpha value is -2.46. The smallest absolute Gasteiger partial charge is 0.416 e. The van der Waals surface area contributed by atoms with Crippen molar-refractivity contribution in [2.24, 2.45) is 0 Å². The molecule has 7 nitrogen and oxygen atoms in total. The molecular formula is C14H12Cl2F3N3O4. The second-order valence-corrected chi connectivity index (χ2v) is 5.35. The average Bonchev–Trinajstić information content (AvgIpc) is 2.80. The van der Waals surface area contributed by atoms with Gasteiger partial charge in [0.15, 0.2) is 17.0 Å². The van der Waals surface area contributed by atoms with Crippen LogP contribution in [0.4, 0.5) is 18.9 Å². The predicted molar refractivity (Wildman–Crippen MR) is 86.8 cm³/mol. The van der Waals surface area contributed by atoms with Crippen molar-refractivity contribution in [3.63, 3.8) is 0 Å². The van der Waals surface area contributed by atoms with Crippen LogP contribution < -0.4 is 5.73 Å². The number of hydrogen-bond acceptors (Lipinski definition) is 5. The standard InChI is InChI=1S/C7H6Cl2N2O4.C7H6F3N/c1-3(12)15-2-11-5(9)4(8)10-6(11)7(13)14;8-7(9,10)5-2-1-3-6(11)4-5/h2H2,1H3,(H,13,14);1-4H,11H2. The lowest BCUT2D eigenvalue weighted by Crippen LogP contribution is -2.13. The van der Waals surface area contributed by atoms with Gasteiger partial charge >= 0.3 is 18.1 Å². The summed E-state index contributed by atoms with van der Waals surface area (Å²) in [5.74, 6) is -2.26. The van der Waals surface area contributed by atoms with E-state index in [1.54, 1.807) is 0 Å². The first-order valence-corrected chi connectivity index (χ1v) is 7.40. The Labute approximate surface area is 155 Å². The van der Waals surface area contributed by atoms with Crippen molar-refractivity contribution in [2.75, 3.05) is 5.73 Å². The van der Waals surface area contributed by atoms with Crippen LogP contribution in [-0.2, 0) is 22.4 Å². The number of carboxylic acids is 1. The lowest BCUT2D eigenvalue weighted by atomic mass is 10.2. The van der Waals surface area contributed by atoms with Crippen molar-refractivity contribution in [3.8, 4) is 0 Å². The van der Waals surface area contributed by atoms with E-state index in [4.69, 9.17) is 34.0 Å². The number of alkyl halides is 3. The van der Waals surface area contributed by atoms with Crippen molar-refractivity contribution in [3.05, 3.63) is 46.0 Å². The first-order chi connectivity index (χ1) is 11.9. The molecule has 0 bridgehead atoms. The van der Waals surface area contributed by atoms with Gasteiger partial charge in [-0.2, -0.15) is 13.2 Å². The summed E-state index contributed by atoms with van der Waals surface area (Å²) in [6.45, 7) is 0.850. The first kappa shape index (κ1) is 21.6. The van der Waals surface area contributed by atoms with E-state index >= 15 is 0 Å². The number of benzene rings is 1. The summed E-state index contributed by atoms with van der Waals surface area (Å²) in [5, 5.41) is 8.49. The van der Waals surface area contributed by atoms with Crippen molar-refractivity contribution in [2.45, 2.75) is 19.8 Å². The fraction of sp³-hybridized carbons (Fsp3) is 0.214. The second kappa shape index (κ2) is 8.77. The molecule has 1 aromatic carbocycles. The number of nitrogens with zero attached hydrogens (tertiary/aromatic N) is 2. The SMILES string of the molecule is CC(=O)OCn1c(C(=O)O)nc(Cl)c1Cl.Nc1cccc(C(F)(F)F)c1. The summed E-state index contributed by atoms with van der Waals surface area (Å²) < 4.78 is 41.3. The lowest BCUT2D eigenvalue weighted by Gasteiger charge is -2.05. The van der Waals surface area contributed by atoms with Crippen LogP contribution in [-0.4, -0.2) is 26.6 Å². The third kappa shape index (κ3) is 6.12. The van der Waals surface area contributed by atoms with Crippen molar-refractivity contribution in [1.82, 2.24) is 9.55 Å². The quantitative estimate of drug-likeness (QED) is 0.586. The molecule has 0 aliphatic heterocycles. The van der Waals surface area contributed by atoms with Crippen LogP contribution in [0.2, 0.25) is 10.3 Å². The van der Waals surface area contributed by atoms with Gasteiger partial charge in [-0.05, 0) is 18.2 Å². The number of rotatable bonds is 3. The van der Waals surface area contributed by atoms with E-state index in [-0.39, 0.29) is 28.5 Å². The first-order valence-electron chi connectivity index (χ1n) is 6.64. The van der Waals surface area contributed by atoms with Crippen LogP contribution in [0.1, 0.15) is 23.1 Å². The van der Waals surface area contributed by atoms with Gasteiger partial charge in [0.2, 0.25) is 5.82 Å². The fourth-order valence-electron chi connectivity index (χ4n) is 1.56. The van der Waals surface area contributed by atoms with E-state index in [0.717, 1.165) is 16.7 Å². The molecule has 2 aromatic rings. The highest BCUT2D eigenvalue weighted by molar-refractivity contribution is 6.40. The van der Waals surface area contributed by atoms with E-state index in [1.165, 1.54) is 19.1 Å². The number of ether oxygens (including phenoxy) is 1. The van der Waals surface area contributed by atoms with Crippen LogP contribution in [0.5, 0.6) is 0 Å². The second-order valence-electron chi connectivity index (χ2n) is 4.64. The molecule has 1 aromatic heterocycles. The molecule has 26 heavy (non-hydrogen) atoms. The average molecular weight is 414 g/mol. The molecule has 0 aliphatic rings. The number of anilines is 1. The van der Waals surface area contributed by atoms with Gasteiger partial charge in [-0.15, -0.1) is 0 Å². The fourth-order valence-corrected chi connectivity index (χ4v) is 1.91. The van der Waals surface area contributed by atoms with Crippen molar-refractivity contribution >= 4 is 40.8 Å². The molecule has 0 saturated carbocycles. The Balaban J connectivity index is 0.000000273. The van der Waals surface area contributed by atoms with Crippen LogP contribution in [0, 0.1) is 0 Å². The minimum Gasteiger partial charge on any atom is -0.475 e. The summed E-state index contributed by atoms with van der Waals surface area (Å²) in [7, 11) is 0. The van der Waals surface area contributed by atoms with Crippen molar-refractivity contribution in [1.29, 1.82) is 0 Å². The third-order valence-corrected chi connectivity index (χ3v) is 3.41. The number of hydrogen-bond donors (Lipinski definition) is 2. The number of halogens is 5. The molecule has 0 radical (unpaired) electrons. The summed E-state index contributed by atoms with van der Waals surface area (Å²) in [6, 6.07) is 4.57. The van der Waals surface area contributed by atoms with Gasteiger partial charge in [0.05, 0.1) is 5.56 Å². The Morgan fingerprint density at radius 3 is 2.38 bits per heavy atom. The summed E-state index contributed by atoms with van der Waals surface area (Å²) >= 11 is 11.2. The normalized spacial score (nSPS) is 10.7. The molecular weight excluding hydrogens is 402 g/mol. The molecule has 2 rings (SSSR count). The lowest BCUT2D eigenvalue weighted by molar-refractivity contribution is -0.144. The molecule has 3 N–H and O–H groups in total. The molecule has 0 unspecified atom stereocenters. The van der Waals surface area contributed by atoms with E-state index in [1.807, 2.05) is 0 Å². The highest BCUT2D eigenvalue weighted by Gasteiger charge is 2.30. The Kier molecular flexibility index (Phi) is 7.28. The molecule has 1 heterocycles. The summed E-state index contributed by atoms with van der Waals surface area (Å²) in [4.78, 5) is 24.7. The number of esters is 1. The number of nitrogen functional groups attached to an aromatic ring is 1. The maximum absolute atomic E-state index is 11.9. The Morgan fingerprint density at radius 1 is 1.35 bits per heavy atom. The maximum Gasteiger partial charge on any atom is 0.416 e. The van der Waals surface area contributed by atoms with E-state index in [2.05, 4.69) is 9.72 Å². The summed E-state index contributed by atoms with van der Waals surface area (Å²) in [6.07, 6.45) is -4.30. The highest BCUT2D eigenvalue weighted by atomic mass is 35.5. The minimum atomic E-state index is -4.30. The summed E-state index contributed by atoms with van der Waals surface area (Å²) in [5.41, 5.74) is 4.57. The number of carbonyl (C=O) groups is 2. The van der Waals surface area contributed by atoms with Gasteiger partial charge in [0, 0.05) is 12.6 Å². The molecule has 0 saturated heterocycles. The predicted octanol–water partition coefficient (Wildman–Crippen LogP) is 3.70. The van der Waals surface area contributed by atoms with Crippen LogP contribution in [0.15, 0.2) is 24.3 Å². The molecule has 0 spiro atoms. The van der Waals surface area contributed by atoms with Crippen LogP contribution in [0.25, 0.3) is 0 Å². The zero-order valence-corrected chi connectivity index (χ0v) is 14.6. The van der Waals surface area contributed by atoms with Gasteiger partial charge in [0.25, 0.3) is 0 Å². The minimum absolute atomic E-state index is 0.0877. The number of nitrogens with two attached hydrogens (primary N) is 1. The zero-order chi connectivity index (χ0) is 20.1. The monoisotopic (exact) mass is 413 g/mol. The number of aromatic nitrogens is 2. The van der Waals surface area contributed by atoms with E-state index in [9.17, 15) is 22.8 Å². The topological polar surface area (TPSA) is 107 Å². The number of carboxylic acid groups (broad SMARTS) is 1. The number of imidazole rings is 1. The highest BCUT2D eigenvalue weighted by Crippen LogP contribution is 2.29. The third-order valence-electron chi connectivity index (χ3n) is 2.67. The van der Waals surface area contributed by atoms with Crippen LogP contribution >= 0.6 is 23.2 Å². The maximum atomic E-state index is 11.9. The number of carbonyl (C=O) groups excluding carboxylic acids is 1. The van der Waals surface area contributed by atoms with Gasteiger partial charge in [-0.1, -0.05) is 29.3 Å². The van der Waals surface area contributed by atoms with Gasteiger partial charge in [0.1, 0.15) is 0 Å². The Bertz CT molecular complexity index is 809. The molecule has 0 aliphatic carbocycles. The molecule has 142 valence electrons. The van der Waals surface area contributed by atoms with Gasteiger partial charge in [-0.25, -0.2) is 9.78 Å².